The zero-order chi connectivity index (χ0) is 17.7. The molecule has 2 aromatic rings. The lowest BCUT2D eigenvalue weighted by molar-refractivity contribution is -0.385. The quantitative estimate of drug-likeness (QED) is 0.458. The van der Waals surface area contributed by atoms with Gasteiger partial charge >= 0.3 is 5.97 Å². The van der Waals surface area contributed by atoms with Gasteiger partial charge < -0.3 is 14.2 Å². The molecule has 126 valence electrons. The van der Waals surface area contributed by atoms with Crippen molar-refractivity contribution >= 4 is 11.7 Å². The van der Waals surface area contributed by atoms with E-state index in [0.717, 1.165) is 0 Å². The van der Waals surface area contributed by atoms with E-state index in [2.05, 4.69) is 4.74 Å². The van der Waals surface area contributed by atoms with E-state index < -0.39 is 10.9 Å². The Morgan fingerprint density at radius 2 is 1.92 bits per heavy atom. The molecule has 0 atom stereocenters. The van der Waals surface area contributed by atoms with Crippen LogP contribution in [0.3, 0.4) is 0 Å². The number of nitro groups is 1. The number of hydrogen-bond donors (Lipinski definition) is 0. The van der Waals surface area contributed by atoms with E-state index in [9.17, 15) is 14.9 Å². The summed E-state index contributed by atoms with van der Waals surface area (Å²) < 4.78 is 15.6. The molecule has 0 aliphatic heterocycles. The number of carbonyl (C=O) groups excluding carboxylic acids is 1. The van der Waals surface area contributed by atoms with Gasteiger partial charge in [-0.3, -0.25) is 10.1 Å². The third-order valence-corrected chi connectivity index (χ3v) is 3.58. The monoisotopic (exact) mass is 331 g/mol. The Morgan fingerprint density at radius 1 is 1.17 bits per heavy atom. The smallest absolute Gasteiger partial charge is 0.337 e. The SMILES string of the molecule is COC(=O)c1ccc(OCc2cccc([N+](=O)[O-])c2C)c(OC)c1. The van der Waals surface area contributed by atoms with Crippen molar-refractivity contribution in [2.24, 2.45) is 0 Å². The summed E-state index contributed by atoms with van der Waals surface area (Å²) in [5, 5.41) is 11.0. The molecule has 0 saturated carbocycles. The summed E-state index contributed by atoms with van der Waals surface area (Å²) in [6, 6.07) is 9.49. The molecular weight excluding hydrogens is 314 g/mol. The van der Waals surface area contributed by atoms with Crippen LogP contribution in [0.25, 0.3) is 0 Å². The Hall–Kier alpha value is -3.09. The number of methoxy groups -OCH3 is 2. The first-order valence-electron chi connectivity index (χ1n) is 7.10. The zero-order valence-electron chi connectivity index (χ0n) is 13.6. The van der Waals surface area contributed by atoms with Gasteiger partial charge in [-0.05, 0) is 30.7 Å². The molecule has 0 radical (unpaired) electrons. The minimum atomic E-state index is -0.477. The van der Waals surface area contributed by atoms with E-state index in [0.29, 0.717) is 28.2 Å². The molecule has 7 heteroatoms. The van der Waals surface area contributed by atoms with Crippen LogP contribution in [0.4, 0.5) is 5.69 Å². The lowest BCUT2D eigenvalue weighted by atomic mass is 10.1. The lowest BCUT2D eigenvalue weighted by Gasteiger charge is -2.13. The summed E-state index contributed by atoms with van der Waals surface area (Å²) in [4.78, 5) is 22.1. The van der Waals surface area contributed by atoms with Gasteiger partial charge in [0.2, 0.25) is 0 Å². The molecule has 0 fully saturated rings. The highest BCUT2D eigenvalue weighted by Crippen LogP contribution is 2.30. The van der Waals surface area contributed by atoms with E-state index in [1.807, 2.05) is 0 Å². The Kier molecular flexibility index (Phi) is 5.36. The molecule has 0 bridgehead atoms. The molecule has 0 unspecified atom stereocenters. The average molecular weight is 331 g/mol. The standard InChI is InChI=1S/C17H17NO6/c1-11-13(5-4-6-14(11)18(20)21)10-24-15-8-7-12(17(19)23-3)9-16(15)22-2/h4-9H,10H2,1-3H3. The third-order valence-electron chi connectivity index (χ3n) is 3.58. The highest BCUT2D eigenvalue weighted by atomic mass is 16.6. The van der Waals surface area contributed by atoms with Crippen molar-refractivity contribution in [3.63, 3.8) is 0 Å². The highest BCUT2D eigenvalue weighted by molar-refractivity contribution is 5.90. The van der Waals surface area contributed by atoms with Gasteiger partial charge in [0.25, 0.3) is 5.69 Å². The summed E-state index contributed by atoms with van der Waals surface area (Å²) in [5.74, 6) is 0.325. The lowest BCUT2D eigenvalue weighted by Crippen LogP contribution is -2.04. The number of esters is 1. The molecule has 0 N–H and O–H groups in total. The molecule has 0 aromatic heterocycles. The van der Waals surface area contributed by atoms with E-state index in [1.54, 1.807) is 31.2 Å². The predicted octanol–water partition coefficient (Wildman–Crippen LogP) is 3.28. The van der Waals surface area contributed by atoms with Crippen molar-refractivity contribution in [3.05, 3.63) is 63.2 Å². The molecule has 0 aliphatic rings. The fraction of sp³-hybridized carbons (Fsp3) is 0.235. The van der Waals surface area contributed by atoms with Crippen LogP contribution in [0.2, 0.25) is 0 Å². The van der Waals surface area contributed by atoms with Gasteiger partial charge in [-0.25, -0.2) is 4.79 Å². The van der Waals surface area contributed by atoms with Crippen LogP contribution in [0, 0.1) is 17.0 Å². The number of ether oxygens (including phenoxy) is 3. The maximum atomic E-state index is 11.5. The van der Waals surface area contributed by atoms with Crippen LogP contribution in [0.5, 0.6) is 11.5 Å². The molecule has 0 amide bonds. The fourth-order valence-electron chi connectivity index (χ4n) is 2.21. The van der Waals surface area contributed by atoms with Gasteiger partial charge in [-0.1, -0.05) is 12.1 Å². The summed E-state index contributed by atoms with van der Waals surface area (Å²) in [6.45, 7) is 1.82. The number of hydrogen-bond acceptors (Lipinski definition) is 6. The van der Waals surface area contributed by atoms with Gasteiger partial charge in [0.05, 0.1) is 24.7 Å². The summed E-state index contributed by atoms with van der Waals surface area (Å²) in [6.07, 6.45) is 0. The first-order chi connectivity index (χ1) is 11.5. The zero-order valence-corrected chi connectivity index (χ0v) is 13.6. The van der Waals surface area contributed by atoms with Crippen molar-refractivity contribution in [2.45, 2.75) is 13.5 Å². The summed E-state index contributed by atoms with van der Waals surface area (Å²) in [7, 11) is 2.76. The number of nitro benzene ring substituents is 1. The Labute approximate surface area is 138 Å². The second kappa shape index (κ2) is 7.45. The molecule has 2 rings (SSSR count). The number of carbonyl (C=O) groups is 1. The molecule has 24 heavy (non-hydrogen) atoms. The van der Waals surface area contributed by atoms with Gasteiger partial charge in [0, 0.05) is 11.6 Å². The van der Waals surface area contributed by atoms with Crippen molar-refractivity contribution in [1.82, 2.24) is 0 Å². The topological polar surface area (TPSA) is 87.9 Å². The van der Waals surface area contributed by atoms with Crippen molar-refractivity contribution in [1.29, 1.82) is 0 Å². The molecule has 7 nitrogen and oxygen atoms in total. The van der Waals surface area contributed by atoms with E-state index in [-0.39, 0.29) is 12.3 Å². The van der Waals surface area contributed by atoms with Crippen molar-refractivity contribution in [2.75, 3.05) is 14.2 Å². The maximum absolute atomic E-state index is 11.5. The van der Waals surface area contributed by atoms with Crippen LogP contribution in [-0.4, -0.2) is 25.1 Å². The fourth-order valence-corrected chi connectivity index (χ4v) is 2.21. The molecular formula is C17H17NO6. The van der Waals surface area contributed by atoms with E-state index >= 15 is 0 Å². The second-order valence-corrected chi connectivity index (χ2v) is 4.96. The predicted molar refractivity (Wildman–Crippen MR) is 86.5 cm³/mol. The van der Waals surface area contributed by atoms with E-state index in [4.69, 9.17) is 9.47 Å². The Bertz CT molecular complexity index is 772. The van der Waals surface area contributed by atoms with Gasteiger partial charge in [-0.15, -0.1) is 0 Å². The molecule has 0 spiro atoms. The summed E-state index contributed by atoms with van der Waals surface area (Å²) >= 11 is 0. The normalized spacial score (nSPS) is 10.1. The molecule has 0 saturated heterocycles. The number of nitrogens with zero attached hydrogens (tertiary/aromatic N) is 1. The highest BCUT2D eigenvalue weighted by Gasteiger charge is 2.15. The average Bonchev–Trinajstić information content (AvgIpc) is 2.59. The van der Waals surface area contributed by atoms with Crippen LogP contribution in [0.1, 0.15) is 21.5 Å². The van der Waals surface area contributed by atoms with E-state index in [1.165, 1.54) is 26.4 Å². The Balaban J connectivity index is 2.22. The number of rotatable bonds is 6. The second-order valence-electron chi connectivity index (χ2n) is 4.96. The first-order valence-corrected chi connectivity index (χ1v) is 7.10. The maximum Gasteiger partial charge on any atom is 0.337 e. The minimum Gasteiger partial charge on any atom is -0.493 e. The van der Waals surface area contributed by atoms with Gasteiger partial charge in [0.1, 0.15) is 6.61 Å². The van der Waals surface area contributed by atoms with Gasteiger partial charge in [-0.2, -0.15) is 0 Å². The van der Waals surface area contributed by atoms with Crippen LogP contribution in [0.15, 0.2) is 36.4 Å². The van der Waals surface area contributed by atoms with Crippen molar-refractivity contribution < 1.29 is 23.9 Å². The molecule has 0 aliphatic carbocycles. The first kappa shape index (κ1) is 17.3. The van der Waals surface area contributed by atoms with Crippen molar-refractivity contribution in [3.8, 4) is 11.5 Å². The summed E-state index contributed by atoms with van der Waals surface area (Å²) in [5.41, 5.74) is 1.63. The van der Waals surface area contributed by atoms with Crippen LogP contribution in [-0.2, 0) is 11.3 Å². The van der Waals surface area contributed by atoms with Gasteiger partial charge in [0.15, 0.2) is 11.5 Å². The minimum absolute atomic E-state index is 0.0455. The van der Waals surface area contributed by atoms with Crippen LogP contribution < -0.4 is 9.47 Å². The molecule has 2 aromatic carbocycles. The molecule has 0 heterocycles. The largest absolute Gasteiger partial charge is 0.493 e. The number of benzene rings is 2. The van der Waals surface area contributed by atoms with Crippen LogP contribution >= 0.6 is 0 Å². The third kappa shape index (κ3) is 3.62. The Morgan fingerprint density at radius 3 is 2.54 bits per heavy atom.